The molecular weight excluding hydrogens is 166 g/mol. The van der Waals surface area contributed by atoms with Gasteiger partial charge >= 0.3 is 5.97 Å². The first-order chi connectivity index (χ1) is 6.16. The Bertz CT molecular complexity index is 137. The van der Waals surface area contributed by atoms with Gasteiger partial charge in [-0.2, -0.15) is 0 Å². The molecular formula is C10H21NO2. The maximum atomic E-state index is 10.2. The summed E-state index contributed by atoms with van der Waals surface area (Å²) < 4.78 is 0. The van der Waals surface area contributed by atoms with Crippen molar-refractivity contribution in [3.63, 3.8) is 0 Å². The Hall–Kier alpha value is -0.570. The molecule has 78 valence electrons. The van der Waals surface area contributed by atoms with Crippen LogP contribution in [0, 0.1) is 0 Å². The molecule has 0 radical (unpaired) electrons. The first-order valence-electron chi connectivity index (χ1n) is 5.14. The van der Waals surface area contributed by atoms with Gasteiger partial charge in [-0.25, -0.2) is 0 Å². The summed E-state index contributed by atoms with van der Waals surface area (Å²) in [4.78, 5) is 10.2. The molecule has 0 aliphatic rings. The van der Waals surface area contributed by atoms with Crippen LogP contribution in [0.15, 0.2) is 0 Å². The van der Waals surface area contributed by atoms with E-state index < -0.39 is 5.97 Å². The molecule has 0 amide bonds. The third kappa shape index (κ3) is 9.34. The molecule has 0 aliphatic heterocycles. The summed E-state index contributed by atoms with van der Waals surface area (Å²) in [6.07, 6.45) is 6.62. The van der Waals surface area contributed by atoms with Gasteiger partial charge in [0.1, 0.15) is 0 Å². The molecule has 0 saturated heterocycles. The molecule has 0 aliphatic carbocycles. The van der Waals surface area contributed by atoms with Crippen molar-refractivity contribution < 1.29 is 9.90 Å². The minimum absolute atomic E-state index is 0.0768. The van der Waals surface area contributed by atoms with Crippen LogP contribution in [0.25, 0.3) is 0 Å². The zero-order valence-electron chi connectivity index (χ0n) is 8.46. The molecule has 1 atom stereocenters. The third-order valence-corrected chi connectivity index (χ3v) is 2.16. The second-order valence-electron chi connectivity index (χ2n) is 3.54. The summed E-state index contributed by atoms with van der Waals surface area (Å²) in [6.45, 7) is 2.17. The minimum Gasteiger partial charge on any atom is -0.481 e. The van der Waals surface area contributed by atoms with Gasteiger partial charge in [0, 0.05) is 12.5 Å². The van der Waals surface area contributed by atoms with Crippen molar-refractivity contribution in [2.45, 2.75) is 57.9 Å². The standard InChI is InChI=1S/C10H21NO2/c1-2-3-4-5-6-9(11)7-8-10(12)13/h9H,2-8,11H2,1H3,(H,12,13). The van der Waals surface area contributed by atoms with Crippen LogP contribution in [0.3, 0.4) is 0 Å². The van der Waals surface area contributed by atoms with Crippen molar-refractivity contribution in [3.05, 3.63) is 0 Å². The molecule has 3 nitrogen and oxygen atoms in total. The van der Waals surface area contributed by atoms with E-state index in [9.17, 15) is 4.79 Å². The molecule has 0 fully saturated rings. The van der Waals surface area contributed by atoms with E-state index >= 15 is 0 Å². The summed E-state index contributed by atoms with van der Waals surface area (Å²) in [5, 5.41) is 8.42. The smallest absolute Gasteiger partial charge is 0.303 e. The van der Waals surface area contributed by atoms with Gasteiger partial charge in [-0.3, -0.25) is 4.79 Å². The van der Waals surface area contributed by atoms with Crippen molar-refractivity contribution in [2.24, 2.45) is 5.73 Å². The maximum Gasteiger partial charge on any atom is 0.303 e. The number of hydrogen-bond donors (Lipinski definition) is 2. The minimum atomic E-state index is -0.746. The lowest BCUT2D eigenvalue weighted by atomic mass is 10.0. The summed E-state index contributed by atoms with van der Waals surface area (Å²) >= 11 is 0. The number of aliphatic carboxylic acids is 1. The van der Waals surface area contributed by atoms with Crippen LogP contribution in [-0.2, 0) is 4.79 Å². The summed E-state index contributed by atoms with van der Waals surface area (Å²) in [5.74, 6) is -0.746. The number of carboxylic acids is 1. The number of carboxylic acid groups (broad SMARTS) is 1. The third-order valence-electron chi connectivity index (χ3n) is 2.16. The van der Waals surface area contributed by atoms with Gasteiger partial charge in [-0.05, 0) is 12.8 Å². The molecule has 0 aromatic heterocycles. The fourth-order valence-corrected chi connectivity index (χ4v) is 1.29. The molecule has 0 aromatic rings. The highest BCUT2D eigenvalue weighted by Gasteiger charge is 2.04. The highest BCUT2D eigenvalue weighted by atomic mass is 16.4. The molecule has 0 rings (SSSR count). The van der Waals surface area contributed by atoms with E-state index in [1.54, 1.807) is 0 Å². The fraction of sp³-hybridized carbons (Fsp3) is 0.900. The first kappa shape index (κ1) is 12.4. The van der Waals surface area contributed by atoms with Gasteiger partial charge in [0.2, 0.25) is 0 Å². The first-order valence-corrected chi connectivity index (χ1v) is 5.14. The van der Waals surface area contributed by atoms with Gasteiger partial charge in [-0.15, -0.1) is 0 Å². The molecule has 13 heavy (non-hydrogen) atoms. The Morgan fingerprint density at radius 3 is 2.54 bits per heavy atom. The van der Waals surface area contributed by atoms with E-state index in [1.165, 1.54) is 19.3 Å². The highest BCUT2D eigenvalue weighted by molar-refractivity contribution is 5.66. The van der Waals surface area contributed by atoms with Gasteiger partial charge in [0.15, 0.2) is 0 Å². The van der Waals surface area contributed by atoms with Crippen molar-refractivity contribution in [1.82, 2.24) is 0 Å². The summed E-state index contributed by atoms with van der Waals surface area (Å²) in [6, 6.07) is 0.0768. The Morgan fingerprint density at radius 1 is 1.31 bits per heavy atom. The van der Waals surface area contributed by atoms with E-state index in [4.69, 9.17) is 10.8 Å². The highest BCUT2D eigenvalue weighted by Crippen LogP contribution is 2.07. The largest absolute Gasteiger partial charge is 0.481 e. The Labute approximate surface area is 80.3 Å². The van der Waals surface area contributed by atoms with Crippen LogP contribution in [0.4, 0.5) is 0 Å². The monoisotopic (exact) mass is 187 g/mol. The Balaban J connectivity index is 3.19. The van der Waals surface area contributed by atoms with E-state index in [2.05, 4.69) is 6.92 Å². The molecule has 0 aromatic carbocycles. The molecule has 0 saturated carbocycles. The number of unbranched alkanes of at least 4 members (excludes halogenated alkanes) is 3. The normalized spacial score (nSPS) is 12.8. The van der Waals surface area contributed by atoms with Gasteiger partial charge in [-0.1, -0.05) is 32.6 Å². The lowest BCUT2D eigenvalue weighted by molar-refractivity contribution is -0.137. The van der Waals surface area contributed by atoms with Gasteiger partial charge in [0.05, 0.1) is 0 Å². The van der Waals surface area contributed by atoms with Crippen LogP contribution in [-0.4, -0.2) is 17.1 Å². The van der Waals surface area contributed by atoms with E-state index in [1.807, 2.05) is 0 Å². The quantitative estimate of drug-likeness (QED) is 0.572. The Kier molecular flexibility index (Phi) is 7.69. The van der Waals surface area contributed by atoms with Crippen molar-refractivity contribution in [1.29, 1.82) is 0 Å². The molecule has 3 heteroatoms. The van der Waals surface area contributed by atoms with E-state index in [-0.39, 0.29) is 12.5 Å². The molecule has 3 N–H and O–H groups in total. The van der Waals surface area contributed by atoms with Crippen LogP contribution < -0.4 is 5.73 Å². The zero-order valence-corrected chi connectivity index (χ0v) is 8.46. The zero-order chi connectivity index (χ0) is 10.1. The van der Waals surface area contributed by atoms with Crippen molar-refractivity contribution in [2.75, 3.05) is 0 Å². The van der Waals surface area contributed by atoms with Gasteiger partial charge in [0.25, 0.3) is 0 Å². The second kappa shape index (κ2) is 8.05. The predicted octanol–water partition coefficient (Wildman–Crippen LogP) is 2.15. The van der Waals surface area contributed by atoms with E-state index in [0.717, 1.165) is 12.8 Å². The van der Waals surface area contributed by atoms with Crippen molar-refractivity contribution >= 4 is 5.97 Å². The van der Waals surface area contributed by atoms with Crippen LogP contribution in [0.5, 0.6) is 0 Å². The molecule has 0 bridgehead atoms. The maximum absolute atomic E-state index is 10.2. The van der Waals surface area contributed by atoms with Crippen LogP contribution in [0.1, 0.15) is 51.9 Å². The summed E-state index contributed by atoms with van der Waals surface area (Å²) in [7, 11) is 0. The molecule has 1 unspecified atom stereocenters. The lowest BCUT2D eigenvalue weighted by Gasteiger charge is -2.08. The number of nitrogens with two attached hydrogens (primary N) is 1. The predicted molar refractivity (Wildman–Crippen MR) is 53.6 cm³/mol. The average molecular weight is 187 g/mol. The Morgan fingerprint density at radius 2 is 2.00 bits per heavy atom. The van der Waals surface area contributed by atoms with Gasteiger partial charge < -0.3 is 10.8 Å². The molecule has 0 spiro atoms. The SMILES string of the molecule is CCCCCCC(N)CCC(=O)O. The van der Waals surface area contributed by atoms with Crippen molar-refractivity contribution in [3.8, 4) is 0 Å². The number of carbonyl (C=O) groups is 1. The van der Waals surface area contributed by atoms with Crippen LogP contribution in [0.2, 0.25) is 0 Å². The lowest BCUT2D eigenvalue weighted by Crippen LogP contribution is -2.20. The fourth-order valence-electron chi connectivity index (χ4n) is 1.29. The molecule has 0 heterocycles. The number of hydrogen-bond acceptors (Lipinski definition) is 2. The number of rotatable bonds is 8. The summed E-state index contributed by atoms with van der Waals surface area (Å²) in [5.41, 5.74) is 5.74. The second-order valence-corrected chi connectivity index (χ2v) is 3.54. The topological polar surface area (TPSA) is 63.3 Å². The van der Waals surface area contributed by atoms with E-state index in [0.29, 0.717) is 6.42 Å². The van der Waals surface area contributed by atoms with Crippen LogP contribution >= 0.6 is 0 Å². The average Bonchev–Trinajstić information content (AvgIpc) is 2.09.